The molecule has 0 saturated heterocycles. The average molecular weight is 407 g/mol. The van der Waals surface area contributed by atoms with Crippen LogP contribution in [0.1, 0.15) is 26.9 Å². The number of ketones is 1. The summed E-state index contributed by atoms with van der Waals surface area (Å²) < 4.78 is 27.8. The maximum absolute atomic E-state index is 14.2. The van der Waals surface area contributed by atoms with Crippen LogP contribution in [0.25, 0.3) is 0 Å². The van der Waals surface area contributed by atoms with Gasteiger partial charge in [-0.1, -0.05) is 17.7 Å². The molecule has 3 rings (SSSR count). The lowest BCUT2D eigenvalue weighted by atomic mass is 9.84. The Morgan fingerprint density at radius 3 is 2.59 bits per heavy atom. The molecule has 0 spiro atoms. The van der Waals surface area contributed by atoms with Gasteiger partial charge < -0.3 is 10.5 Å². The van der Waals surface area contributed by atoms with Gasteiger partial charge in [-0.05, 0) is 35.9 Å². The zero-order valence-corrected chi connectivity index (χ0v) is 15.3. The number of hydrogen-bond donors (Lipinski definition) is 2. The number of hydrogen-bond acceptors (Lipinski definition) is 5. The van der Waals surface area contributed by atoms with E-state index in [0.29, 0.717) is 20.8 Å². The fraction of sp³-hybridized carbons (Fsp3) is 0.105. The van der Waals surface area contributed by atoms with Gasteiger partial charge in [0, 0.05) is 18.5 Å². The maximum atomic E-state index is 14.2. The highest BCUT2D eigenvalue weighted by Gasteiger charge is 2.35. The van der Waals surface area contributed by atoms with Crippen molar-refractivity contribution in [2.75, 3.05) is 0 Å². The van der Waals surface area contributed by atoms with Gasteiger partial charge in [0.25, 0.3) is 0 Å². The van der Waals surface area contributed by atoms with Crippen molar-refractivity contribution in [3.63, 3.8) is 0 Å². The number of carbonyl (C=O) groups excluding carboxylic acids is 1. The van der Waals surface area contributed by atoms with Gasteiger partial charge in [-0.15, -0.1) is 11.3 Å². The molecule has 4 nitrogen and oxygen atoms in total. The van der Waals surface area contributed by atoms with Gasteiger partial charge in [0.15, 0.2) is 5.78 Å². The van der Waals surface area contributed by atoms with Crippen LogP contribution in [-0.4, -0.2) is 21.6 Å². The number of nitrogens with zero attached hydrogens (tertiary/aromatic N) is 1. The lowest BCUT2D eigenvalue weighted by Gasteiger charge is -2.22. The molecule has 0 fully saturated rings. The molecule has 0 saturated carbocycles. The number of halogens is 3. The molecule has 27 heavy (non-hydrogen) atoms. The number of carbonyl (C=O) groups is 1. The van der Waals surface area contributed by atoms with Gasteiger partial charge in [-0.3, -0.25) is 9.78 Å². The summed E-state index contributed by atoms with van der Waals surface area (Å²) in [4.78, 5) is 17.3. The molecule has 2 N–H and O–H groups in total. The monoisotopic (exact) mass is 406 g/mol. The van der Waals surface area contributed by atoms with Gasteiger partial charge in [0.05, 0.1) is 32.5 Å². The van der Waals surface area contributed by atoms with E-state index < -0.39 is 35.0 Å². The Hall–Kier alpha value is -2.48. The van der Waals surface area contributed by atoms with E-state index in [4.69, 9.17) is 17.0 Å². The number of aliphatic hydroxyl groups is 1. The average Bonchev–Trinajstić information content (AvgIpc) is 3.08. The Balaban J connectivity index is 2.06. The third kappa shape index (κ3) is 4.10. The predicted molar refractivity (Wildman–Crippen MR) is 99.5 cm³/mol. The van der Waals surface area contributed by atoms with E-state index in [0.717, 1.165) is 23.5 Å². The Bertz CT molecular complexity index is 994. The Morgan fingerprint density at radius 1 is 1.22 bits per heavy atom. The Kier molecular flexibility index (Phi) is 5.74. The highest BCUT2D eigenvalue weighted by Crippen LogP contribution is 2.32. The number of aliphatic hydroxyl groups excluding tert-OH is 1. The van der Waals surface area contributed by atoms with Crippen molar-refractivity contribution in [2.24, 2.45) is 5.92 Å². The zero-order valence-electron chi connectivity index (χ0n) is 13.7. The minimum Gasteiger partial charge on any atom is -0.387 e. The summed E-state index contributed by atoms with van der Waals surface area (Å²) in [5.41, 5.74) is -0.320. The number of Topliss-reactive ketones (excluding diaryl/α,β-unsaturated/α-hetero) is 1. The van der Waals surface area contributed by atoms with Crippen LogP contribution in [0.4, 0.5) is 8.78 Å². The molecule has 0 radical (unpaired) electrons. The van der Waals surface area contributed by atoms with Crippen molar-refractivity contribution < 1.29 is 18.7 Å². The van der Waals surface area contributed by atoms with Gasteiger partial charge in [-0.25, -0.2) is 8.78 Å². The molecule has 0 amide bonds. The van der Waals surface area contributed by atoms with Crippen LogP contribution >= 0.6 is 22.9 Å². The largest absolute Gasteiger partial charge is 0.387 e. The molecule has 0 aliphatic carbocycles. The van der Waals surface area contributed by atoms with E-state index in [9.17, 15) is 18.7 Å². The molecular weight excluding hydrogens is 394 g/mol. The first-order valence-electron chi connectivity index (χ1n) is 7.80. The summed E-state index contributed by atoms with van der Waals surface area (Å²) in [5, 5.41) is 19.2. The SMILES string of the molecule is N=C(c1ccc(Cl)s1)C(C(=O)c1ccc(F)cc1F)C(O)c1cccnc1. The molecule has 0 bridgehead atoms. The van der Waals surface area contributed by atoms with E-state index in [1.165, 1.54) is 12.4 Å². The van der Waals surface area contributed by atoms with E-state index in [-0.39, 0.29) is 5.71 Å². The van der Waals surface area contributed by atoms with E-state index in [2.05, 4.69) is 4.98 Å². The number of aromatic nitrogens is 1. The summed E-state index contributed by atoms with van der Waals surface area (Å²) in [7, 11) is 0. The molecule has 0 aliphatic heterocycles. The Morgan fingerprint density at radius 2 is 2.00 bits per heavy atom. The molecule has 1 aromatic carbocycles. The second kappa shape index (κ2) is 8.04. The number of nitrogens with one attached hydrogen (secondary N) is 1. The molecule has 2 aromatic heterocycles. The first kappa shape index (κ1) is 19.3. The van der Waals surface area contributed by atoms with Gasteiger partial charge >= 0.3 is 0 Å². The fourth-order valence-electron chi connectivity index (χ4n) is 2.64. The number of rotatable bonds is 6. The lowest BCUT2D eigenvalue weighted by molar-refractivity contribution is 0.0789. The smallest absolute Gasteiger partial charge is 0.177 e. The quantitative estimate of drug-likeness (QED) is 0.461. The minimum atomic E-state index is -1.44. The highest BCUT2D eigenvalue weighted by molar-refractivity contribution is 7.18. The van der Waals surface area contributed by atoms with Crippen LogP contribution in [0.2, 0.25) is 4.34 Å². The minimum absolute atomic E-state index is 0.211. The van der Waals surface area contributed by atoms with E-state index >= 15 is 0 Å². The number of thiophene rings is 1. The van der Waals surface area contributed by atoms with Crippen LogP contribution in [0.5, 0.6) is 0 Å². The van der Waals surface area contributed by atoms with E-state index in [1.807, 2.05) is 0 Å². The molecule has 138 valence electrons. The summed E-state index contributed by atoms with van der Waals surface area (Å²) >= 11 is 6.97. The van der Waals surface area contributed by atoms with Crippen molar-refractivity contribution in [3.8, 4) is 0 Å². The summed E-state index contributed by atoms with van der Waals surface area (Å²) in [6, 6.07) is 8.78. The van der Waals surface area contributed by atoms with Crippen LogP contribution in [-0.2, 0) is 0 Å². The second-order valence-electron chi connectivity index (χ2n) is 5.71. The second-order valence-corrected chi connectivity index (χ2v) is 7.43. The molecule has 2 heterocycles. The van der Waals surface area contributed by atoms with Crippen molar-refractivity contribution in [2.45, 2.75) is 6.10 Å². The summed E-state index contributed by atoms with van der Waals surface area (Å²) in [6.45, 7) is 0. The van der Waals surface area contributed by atoms with Gasteiger partial charge in [-0.2, -0.15) is 0 Å². The number of benzene rings is 1. The van der Waals surface area contributed by atoms with Crippen molar-refractivity contribution in [3.05, 3.63) is 86.8 Å². The van der Waals surface area contributed by atoms with Crippen LogP contribution in [0.15, 0.2) is 54.9 Å². The van der Waals surface area contributed by atoms with Crippen molar-refractivity contribution in [1.82, 2.24) is 4.98 Å². The van der Waals surface area contributed by atoms with Gasteiger partial charge in [0.1, 0.15) is 11.6 Å². The van der Waals surface area contributed by atoms with Crippen LogP contribution in [0, 0.1) is 23.0 Å². The third-order valence-corrected chi connectivity index (χ3v) is 5.23. The molecule has 8 heteroatoms. The third-order valence-electron chi connectivity index (χ3n) is 3.97. The summed E-state index contributed by atoms with van der Waals surface area (Å²) in [6.07, 6.45) is 1.42. The van der Waals surface area contributed by atoms with Crippen LogP contribution < -0.4 is 0 Å². The lowest BCUT2D eigenvalue weighted by Crippen LogP contribution is -2.31. The number of pyridine rings is 1. The van der Waals surface area contributed by atoms with Crippen LogP contribution in [0.3, 0.4) is 0 Å². The van der Waals surface area contributed by atoms with Crippen molar-refractivity contribution in [1.29, 1.82) is 5.41 Å². The predicted octanol–water partition coefficient (Wildman–Crippen LogP) is 4.68. The highest BCUT2D eigenvalue weighted by atomic mass is 35.5. The molecule has 2 atom stereocenters. The van der Waals surface area contributed by atoms with Gasteiger partial charge in [0.2, 0.25) is 0 Å². The molecular formula is C19H13ClF2N2O2S. The topological polar surface area (TPSA) is 74.0 Å². The standard InChI is InChI=1S/C19H13ClF2N2O2S/c20-15-6-5-14(27-15)17(23)16(18(25)10-2-1-7-24-9-10)19(26)12-4-3-11(21)8-13(12)22/h1-9,16,18,23,25H. The first-order valence-corrected chi connectivity index (χ1v) is 8.99. The Labute approximate surface area is 162 Å². The van der Waals surface area contributed by atoms with Crippen molar-refractivity contribution >= 4 is 34.4 Å². The maximum Gasteiger partial charge on any atom is 0.177 e. The summed E-state index contributed by atoms with van der Waals surface area (Å²) in [5.74, 6) is -4.13. The normalized spacial score (nSPS) is 13.2. The fourth-order valence-corrected chi connectivity index (χ4v) is 3.68. The molecule has 0 aliphatic rings. The van der Waals surface area contributed by atoms with E-state index in [1.54, 1.807) is 24.3 Å². The molecule has 3 aromatic rings. The zero-order chi connectivity index (χ0) is 19.6. The first-order chi connectivity index (χ1) is 12.9. The molecule has 2 unspecified atom stereocenters.